The van der Waals surface area contributed by atoms with E-state index >= 15 is 0 Å². The number of nitro groups is 1. The first-order valence-electron chi connectivity index (χ1n) is 7.09. The summed E-state index contributed by atoms with van der Waals surface area (Å²) >= 11 is 0. The fourth-order valence-electron chi connectivity index (χ4n) is 2.49. The highest BCUT2D eigenvalue weighted by Crippen LogP contribution is 2.28. The number of nitrogens with one attached hydrogen (secondary N) is 1. The van der Waals surface area contributed by atoms with E-state index in [9.17, 15) is 19.3 Å². The van der Waals surface area contributed by atoms with Crippen molar-refractivity contribution in [2.24, 2.45) is 0 Å². The molecule has 0 amide bonds. The highest BCUT2D eigenvalue weighted by molar-refractivity contribution is 5.77. The minimum absolute atomic E-state index is 0.131. The minimum Gasteiger partial charge on any atom is -0.362 e. The fourth-order valence-corrected chi connectivity index (χ4v) is 2.49. The Kier molecular flexibility index (Phi) is 3.95. The van der Waals surface area contributed by atoms with Crippen LogP contribution in [0.1, 0.15) is 5.82 Å². The molecule has 3 rings (SSSR count). The highest BCUT2D eigenvalue weighted by Gasteiger charge is 2.19. The van der Waals surface area contributed by atoms with Gasteiger partial charge in [-0.15, -0.1) is 0 Å². The Morgan fingerprint density at radius 2 is 2.04 bits per heavy atom. The molecule has 0 bridgehead atoms. The van der Waals surface area contributed by atoms with Gasteiger partial charge < -0.3 is 9.88 Å². The number of benzene rings is 2. The third-order valence-electron chi connectivity index (χ3n) is 3.59. The first kappa shape index (κ1) is 15.6. The standard InChI is InChI=1S/C16H13FN4O3/c1-20(13-7-6-10(17)8-14(13)21(23)24)9-15-18-12-5-3-2-4-11(12)16(22)19-15/h2-8H,9H2,1H3,(H,18,19,22). The van der Waals surface area contributed by atoms with E-state index in [2.05, 4.69) is 9.97 Å². The number of aromatic amines is 1. The maximum absolute atomic E-state index is 13.2. The van der Waals surface area contributed by atoms with E-state index in [-0.39, 0.29) is 23.5 Å². The molecule has 0 atom stereocenters. The summed E-state index contributed by atoms with van der Waals surface area (Å²) in [5.41, 5.74) is 0.147. The number of nitrogens with zero attached hydrogens (tertiary/aromatic N) is 3. The van der Waals surface area contributed by atoms with E-state index in [1.54, 1.807) is 31.3 Å². The highest BCUT2D eigenvalue weighted by atomic mass is 19.1. The van der Waals surface area contributed by atoms with Gasteiger partial charge in [-0.25, -0.2) is 9.37 Å². The third kappa shape index (κ3) is 2.94. The van der Waals surface area contributed by atoms with Crippen LogP contribution in [0.5, 0.6) is 0 Å². The van der Waals surface area contributed by atoms with Gasteiger partial charge in [0.1, 0.15) is 17.3 Å². The number of para-hydroxylation sites is 1. The second kappa shape index (κ2) is 6.07. The number of fused-ring (bicyclic) bond motifs is 1. The van der Waals surface area contributed by atoms with Crippen molar-refractivity contribution in [2.45, 2.75) is 6.54 Å². The molecule has 0 radical (unpaired) electrons. The second-order valence-electron chi connectivity index (χ2n) is 5.28. The van der Waals surface area contributed by atoms with E-state index in [1.807, 2.05) is 0 Å². The molecule has 1 N–H and O–H groups in total. The van der Waals surface area contributed by atoms with Gasteiger partial charge in [-0.1, -0.05) is 12.1 Å². The molecule has 0 saturated carbocycles. The smallest absolute Gasteiger partial charge is 0.295 e. The molecular formula is C16H13FN4O3. The summed E-state index contributed by atoms with van der Waals surface area (Å²) in [6, 6.07) is 10.2. The van der Waals surface area contributed by atoms with Crippen LogP contribution in [-0.4, -0.2) is 21.9 Å². The molecular weight excluding hydrogens is 315 g/mol. The first-order chi connectivity index (χ1) is 11.5. The van der Waals surface area contributed by atoms with Crippen molar-refractivity contribution >= 4 is 22.3 Å². The van der Waals surface area contributed by atoms with E-state index < -0.39 is 10.7 Å². The number of nitro benzene ring substituents is 1. The number of anilines is 1. The lowest BCUT2D eigenvalue weighted by molar-refractivity contribution is -0.384. The van der Waals surface area contributed by atoms with Crippen LogP contribution in [0.3, 0.4) is 0 Å². The number of hydrogen-bond donors (Lipinski definition) is 1. The molecule has 3 aromatic rings. The minimum atomic E-state index is -0.684. The van der Waals surface area contributed by atoms with Crippen LogP contribution in [0.15, 0.2) is 47.3 Å². The Hall–Kier alpha value is -3.29. The number of H-pyrrole nitrogens is 1. The lowest BCUT2D eigenvalue weighted by Gasteiger charge is -2.18. The van der Waals surface area contributed by atoms with Gasteiger partial charge in [0, 0.05) is 7.05 Å². The summed E-state index contributed by atoms with van der Waals surface area (Å²) in [6.07, 6.45) is 0. The van der Waals surface area contributed by atoms with Gasteiger partial charge in [-0.2, -0.15) is 0 Å². The molecule has 2 aromatic carbocycles. The quantitative estimate of drug-likeness (QED) is 0.587. The van der Waals surface area contributed by atoms with Crippen LogP contribution in [0, 0.1) is 15.9 Å². The number of halogens is 1. The van der Waals surface area contributed by atoms with Gasteiger partial charge in [-0.05, 0) is 24.3 Å². The van der Waals surface area contributed by atoms with Gasteiger partial charge in [0.2, 0.25) is 0 Å². The summed E-state index contributed by atoms with van der Waals surface area (Å²) in [4.78, 5) is 31.1. The molecule has 0 saturated heterocycles. The number of aromatic nitrogens is 2. The molecule has 122 valence electrons. The Balaban J connectivity index is 1.97. The van der Waals surface area contributed by atoms with Crippen molar-refractivity contribution in [3.63, 3.8) is 0 Å². The molecule has 0 aliphatic rings. The number of hydrogen-bond acceptors (Lipinski definition) is 5. The molecule has 8 heteroatoms. The van der Waals surface area contributed by atoms with E-state index in [1.165, 1.54) is 11.0 Å². The van der Waals surface area contributed by atoms with Crippen molar-refractivity contribution in [2.75, 3.05) is 11.9 Å². The van der Waals surface area contributed by atoms with Crippen LogP contribution < -0.4 is 10.5 Å². The second-order valence-corrected chi connectivity index (χ2v) is 5.28. The molecule has 7 nitrogen and oxygen atoms in total. The third-order valence-corrected chi connectivity index (χ3v) is 3.59. The van der Waals surface area contributed by atoms with Crippen LogP contribution in [0.4, 0.5) is 15.8 Å². The largest absolute Gasteiger partial charge is 0.362 e. The fraction of sp³-hybridized carbons (Fsp3) is 0.125. The number of rotatable bonds is 4. The first-order valence-corrected chi connectivity index (χ1v) is 7.09. The van der Waals surface area contributed by atoms with Gasteiger partial charge >= 0.3 is 0 Å². The SMILES string of the molecule is CN(Cc1nc2ccccc2c(=O)[nH]1)c1ccc(F)cc1[N+](=O)[O-]. The van der Waals surface area contributed by atoms with Crippen molar-refractivity contribution in [3.05, 3.63) is 74.6 Å². The topological polar surface area (TPSA) is 92.1 Å². The van der Waals surface area contributed by atoms with E-state index in [0.717, 1.165) is 12.1 Å². The van der Waals surface area contributed by atoms with Crippen LogP contribution in [-0.2, 0) is 6.54 Å². The summed E-state index contributed by atoms with van der Waals surface area (Å²) in [7, 11) is 1.61. The molecule has 1 heterocycles. The Labute approximate surface area is 135 Å². The van der Waals surface area contributed by atoms with Crippen LogP contribution in [0.2, 0.25) is 0 Å². The van der Waals surface area contributed by atoms with Crippen LogP contribution in [0.25, 0.3) is 10.9 Å². The Morgan fingerprint density at radius 1 is 1.29 bits per heavy atom. The van der Waals surface area contributed by atoms with E-state index in [4.69, 9.17) is 0 Å². The van der Waals surface area contributed by atoms with Gasteiger partial charge in [0.25, 0.3) is 11.2 Å². The van der Waals surface area contributed by atoms with Crippen LogP contribution >= 0.6 is 0 Å². The van der Waals surface area contributed by atoms with Crippen molar-refractivity contribution in [1.29, 1.82) is 0 Å². The normalized spacial score (nSPS) is 10.8. The summed E-state index contributed by atoms with van der Waals surface area (Å²) in [6.45, 7) is 0.131. The lowest BCUT2D eigenvalue weighted by atomic mass is 10.2. The summed E-state index contributed by atoms with van der Waals surface area (Å²) < 4.78 is 13.2. The predicted molar refractivity (Wildman–Crippen MR) is 87.5 cm³/mol. The monoisotopic (exact) mass is 328 g/mol. The van der Waals surface area contributed by atoms with Crippen molar-refractivity contribution in [3.8, 4) is 0 Å². The van der Waals surface area contributed by atoms with Crippen molar-refractivity contribution in [1.82, 2.24) is 9.97 Å². The van der Waals surface area contributed by atoms with Gasteiger partial charge in [0.05, 0.1) is 28.4 Å². The lowest BCUT2D eigenvalue weighted by Crippen LogP contribution is -2.22. The Bertz CT molecular complexity index is 986. The van der Waals surface area contributed by atoms with Crippen molar-refractivity contribution < 1.29 is 9.31 Å². The molecule has 0 unspecified atom stereocenters. The van der Waals surface area contributed by atoms with Gasteiger partial charge in [-0.3, -0.25) is 14.9 Å². The molecule has 0 spiro atoms. The van der Waals surface area contributed by atoms with E-state index in [0.29, 0.717) is 16.7 Å². The molecule has 0 aliphatic carbocycles. The molecule has 0 aliphatic heterocycles. The van der Waals surface area contributed by atoms with Gasteiger partial charge in [0.15, 0.2) is 0 Å². The summed E-state index contributed by atoms with van der Waals surface area (Å²) in [5, 5.41) is 11.6. The Morgan fingerprint density at radius 3 is 2.79 bits per heavy atom. The predicted octanol–water partition coefficient (Wildman–Crippen LogP) is 2.61. The average molecular weight is 328 g/mol. The maximum Gasteiger partial charge on any atom is 0.295 e. The molecule has 1 aromatic heterocycles. The maximum atomic E-state index is 13.2. The average Bonchev–Trinajstić information content (AvgIpc) is 2.54. The molecule has 0 fully saturated rings. The zero-order valence-electron chi connectivity index (χ0n) is 12.7. The zero-order chi connectivity index (χ0) is 17.3. The zero-order valence-corrected chi connectivity index (χ0v) is 12.7. The molecule has 24 heavy (non-hydrogen) atoms. The summed E-state index contributed by atoms with van der Waals surface area (Å²) in [5.74, 6) is -0.323.